The van der Waals surface area contributed by atoms with Crippen LogP contribution in [0.4, 0.5) is 5.69 Å². The molecule has 0 aliphatic heterocycles. The first-order chi connectivity index (χ1) is 6.38. The molecular formula is C9H12N4. The van der Waals surface area contributed by atoms with Gasteiger partial charge in [0.2, 0.25) is 0 Å². The quantitative estimate of drug-likeness (QED) is 0.428. The number of anilines is 1. The molecule has 0 unspecified atom stereocenters. The predicted molar refractivity (Wildman–Crippen MR) is 53.5 cm³/mol. The van der Waals surface area contributed by atoms with Gasteiger partial charge in [-0.15, -0.1) is 0 Å². The summed E-state index contributed by atoms with van der Waals surface area (Å²) in [6, 6.07) is 7.99. The minimum Gasteiger partial charge on any atom is -0.379 e. The van der Waals surface area contributed by atoms with Gasteiger partial charge in [-0.05, 0) is 23.6 Å². The first kappa shape index (κ1) is 9.42. The molecule has 1 aromatic carbocycles. The van der Waals surface area contributed by atoms with E-state index in [4.69, 9.17) is 5.53 Å². The molecule has 0 atom stereocenters. The average molecular weight is 176 g/mol. The lowest BCUT2D eigenvalue weighted by atomic mass is 10.1. The Morgan fingerprint density at radius 1 is 1.46 bits per heavy atom. The van der Waals surface area contributed by atoms with Gasteiger partial charge in [-0.3, -0.25) is 0 Å². The standard InChI is InChI=1S/C9H12N4/c1-2-8-5-3-4-6-9(8)11-7-12-13-10/h3-6,11H,2,7H2,1H3. The lowest BCUT2D eigenvalue weighted by molar-refractivity contribution is 1.08. The minimum atomic E-state index is 0.299. The van der Waals surface area contributed by atoms with E-state index >= 15 is 0 Å². The summed E-state index contributed by atoms with van der Waals surface area (Å²) >= 11 is 0. The molecule has 0 saturated heterocycles. The van der Waals surface area contributed by atoms with Crippen molar-refractivity contribution in [2.24, 2.45) is 5.11 Å². The van der Waals surface area contributed by atoms with Crippen molar-refractivity contribution in [3.63, 3.8) is 0 Å². The van der Waals surface area contributed by atoms with Gasteiger partial charge in [-0.2, -0.15) is 0 Å². The zero-order valence-corrected chi connectivity index (χ0v) is 7.57. The van der Waals surface area contributed by atoms with Gasteiger partial charge in [0, 0.05) is 10.6 Å². The molecule has 1 aromatic rings. The lowest BCUT2D eigenvalue weighted by Gasteiger charge is -2.07. The van der Waals surface area contributed by atoms with Crippen LogP contribution in [-0.4, -0.2) is 6.67 Å². The van der Waals surface area contributed by atoms with E-state index in [1.807, 2.05) is 18.2 Å². The molecule has 0 aliphatic rings. The fourth-order valence-corrected chi connectivity index (χ4v) is 1.15. The maximum Gasteiger partial charge on any atom is 0.0937 e. The van der Waals surface area contributed by atoms with E-state index in [9.17, 15) is 0 Å². The molecule has 0 aromatic heterocycles. The summed E-state index contributed by atoms with van der Waals surface area (Å²) in [4.78, 5) is 2.67. The number of benzene rings is 1. The van der Waals surface area contributed by atoms with Gasteiger partial charge in [-0.25, -0.2) is 0 Å². The third-order valence-electron chi connectivity index (χ3n) is 1.80. The Morgan fingerprint density at radius 2 is 2.23 bits per heavy atom. The molecule has 0 radical (unpaired) electrons. The minimum absolute atomic E-state index is 0.299. The smallest absolute Gasteiger partial charge is 0.0937 e. The van der Waals surface area contributed by atoms with Crippen molar-refractivity contribution in [2.75, 3.05) is 12.0 Å². The molecular weight excluding hydrogens is 164 g/mol. The van der Waals surface area contributed by atoms with Crippen LogP contribution in [0.3, 0.4) is 0 Å². The third-order valence-corrected chi connectivity index (χ3v) is 1.80. The van der Waals surface area contributed by atoms with E-state index in [1.165, 1.54) is 5.56 Å². The summed E-state index contributed by atoms with van der Waals surface area (Å²) in [6.45, 7) is 2.39. The SMILES string of the molecule is CCc1ccccc1NCN=[N+]=[N-]. The van der Waals surface area contributed by atoms with Crippen LogP contribution in [-0.2, 0) is 6.42 Å². The molecule has 4 heteroatoms. The van der Waals surface area contributed by atoms with Crippen molar-refractivity contribution in [1.82, 2.24) is 0 Å². The second-order valence-electron chi connectivity index (χ2n) is 2.58. The van der Waals surface area contributed by atoms with Crippen LogP contribution in [0.5, 0.6) is 0 Å². The Bertz CT molecular complexity index is 315. The number of azide groups is 1. The molecule has 0 heterocycles. The summed E-state index contributed by atoms with van der Waals surface area (Å²) < 4.78 is 0. The summed E-state index contributed by atoms with van der Waals surface area (Å²) in [5.74, 6) is 0. The van der Waals surface area contributed by atoms with Gasteiger partial charge in [0.15, 0.2) is 0 Å². The molecule has 0 spiro atoms. The number of aryl methyl sites for hydroxylation is 1. The zero-order chi connectivity index (χ0) is 9.52. The number of rotatable bonds is 4. The molecule has 0 saturated carbocycles. The highest BCUT2D eigenvalue weighted by Gasteiger charge is 1.96. The predicted octanol–water partition coefficient (Wildman–Crippen LogP) is 2.93. The highest BCUT2D eigenvalue weighted by molar-refractivity contribution is 5.50. The van der Waals surface area contributed by atoms with Crippen LogP contribution in [0.1, 0.15) is 12.5 Å². The van der Waals surface area contributed by atoms with Crippen molar-refractivity contribution in [3.05, 3.63) is 40.3 Å². The number of hydrogen-bond acceptors (Lipinski definition) is 2. The normalized spacial score (nSPS) is 9.00. The third kappa shape index (κ3) is 2.69. The topological polar surface area (TPSA) is 60.8 Å². The van der Waals surface area contributed by atoms with Crippen LogP contribution in [0.2, 0.25) is 0 Å². The van der Waals surface area contributed by atoms with Crippen LogP contribution < -0.4 is 5.32 Å². The first-order valence-electron chi connectivity index (χ1n) is 4.21. The summed E-state index contributed by atoms with van der Waals surface area (Å²) in [6.07, 6.45) is 0.972. The first-order valence-corrected chi connectivity index (χ1v) is 4.21. The summed E-state index contributed by atoms with van der Waals surface area (Å²) in [7, 11) is 0. The van der Waals surface area contributed by atoms with Crippen molar-refractivity contribution in [2.45, 2.75) is 13.3 Å². The maximum absolute atomic E-state index is 8.09. The monoisotopic (exact) mass is 176 g/mol. The highest BCUT2D eigenvalue weighted by Crippen LogP contribution is 2.14. The van der Waals surface area contributed by atoms with E-state index < -0.39 is 0 Å². The zero-order valence-electron chi connectivity index (χ0n) is 7.57. The van der Waals surface area contributed by atoms with Crippen molar-refractivity contribution >= 4 is 5.69 Å². The van der Waals surface area contributed by atoms with Gasteiger partial charge in [0.05, 0.1) is 6.67 Å². The van der Waals surface area contributed by atoms with Crippen molar-refractivity contribution < 1.29 is 0 Å². The largest absolute Gasteiger partial charge is 0.379 e. The van der Waals surface area contributed by atoms with Crippen LogP contribution in [0.25, 0.3) is 10.4 Å². The van der Waals surface area contributed by atoms with E-state index in [0.29, 0.717) is 6.67 Å². The van der Waals surface area contributed by atoms with Crippen molar-refractivity contribution in [1.29, 1.82) is 0 Å². The Hall–Kier alpha value is -1.67. The maximum atomic E-state index is 8.09. The van der Waals surface area contributed by atoms with Gasteiger partial charge < -0.3 is 5.32 Å². The Morgan fingerprint density at radius 3 is 2.92 bits per heavy atom. The van der Waals surface area contributed by atoms with E-state index in [0.717, 1.165) is 12.1 Å². The van der Waals surface area contributed by atoms with Crippen LogP contribution in [0.15, 0.2) is 29.4 Å². The molecule has 0 aliphatic carbocycles. The molecule has 0 bridgehead atoms. The Labute approximate surface area is 77.2 Å². The van der Waals surface area contributed by atoms with E-state index in [1.54, 1.807) is 0 Å². The molecule has 0 amide bonds. The molecule has 0 fully saturated rings. The molecule has 4 nitrogen and oxygen atoms in total. The average Bonchev–Trinajstić information content (AvgIpc) is 2.19. The molecule has 1 rings (SSSR count). The van der Waals surface area contributed by atoms with E-state index in [2.05, 4.69) is 28.3 Å². The van der Waals surface area contributed by atoms with Gasteiger partial charge >= 0.3 is 0 Å². The number of nitrogens with one attached hydrogen (secondary N) is 1. The Kier molecular flexibility index (Phi) is 3.67. The number of hydrogen-bond donors (Lipinski definition) is 1. The molecule has 13 heavy (non-hydrogen) atoms. The van der Waals surface area contributed by atoms with Gasteiger partial charge in [0.1, 0.15) is 0 Å². The van der Waals surface area contributed by atoms with E-state index in [-0.39, 0.29) is 0 Å². The van der Waals surface area contributed by atoms with Gasteiger partial charge in [-0.1, -0.05) is 30.2 Å². The van der Waals surface area contributed by atoms with Crippen molar-refractivity contribution in [3.8, 4) is 0 Å². The van der Waals surface area contributed by atoms with Crippen LogP contribution in [0, 0.1) is 0 Å². The fourth-order valence-electron chi connectivity index (χ4n) is 1.15. The second-order valence-corrected chi connectivity index (χ2v) is 2.58. The summed E-state index contributed by atoms with van der Waals surface area (Å²) in [5, 5.41) is 6.46. The second kappa shape index (κ2) is 5.06. The molecule has 1 N–H and O–H groups in total. The Balaban J connectivity index is 2.69. The summed E-state index contributed by atoms with van der Waals surface area (Å²) in [5.41, 5.74) is 10.4. The lowest BCUT2D eigenvalue weighted by Crippen LogP contribution is -2.00. The number of nitrogens with zero attached hydrogens (tertiary/aromatic N) is 3. The highest BCUT2D eigenvalue weighted by atomic mass is 15.2. The van der Waals surface area contributed by atoms with Crippen LogP contribution >= 0.6 is 0 Å². The van der Waals surface area contributed by atoms with Gasteiger partial charge in [0.25, 0.3) is 0 Å². The molecule has 68 valence electrons. The fraction of sp³-hybridized carbons (Fsp3) is 0.333. The number of para-hydroxylation sites is 1.